The Balaban J connectivity index is 2.10. The molecule has 6 nitrogen and oxygen atoms in total. The van der Waals surface area contributed by atoms with Crippen molar-refractivity contribution in [3.8, 4) is 0 Å². The standard InChI is InChI=1S/C12H16N2O4S3/c13-12(19)10-2-4-11(5-3-10)20(15,16)9-7-14-6-1-8-21(14,17)18/h2-5H,1,6-9H2,(H2,13,19). The number of nitrogens with two attached hydrogens (primary N) is 1. The molecular formula is C12H16N2O4S3. The second-order valence-corrected chi connectivity index (χ2v) is 9.41. The number of hydrogen-bond donors (Lipinski definition) is 1. The van der Waals surface area contributed by atoms with Crippen LogP contribution in [0.15, 0.2) is 29.2 Å². The summed E-state index contributed by atoms with van der Waals surface area (Å²) in [5.41, 5.74) is 6.04. The zero-order chi connectivity index (χ0) is 15.7. The quantitative estimate of drug-likeness (QED) is 0.760. The number of benzene rings is 1. The molecule has 1 heterocycles. The lowest BCUT2D eigenvalue weighted by atomic mass is 10.2. The Kier molecular flexibility index (Phi) is 4.66. The van der Waals surface area contributed by atoms with Crippen molar-refractivity contribution in [1.82, 2.24) is 4.31 Å². The Labute approximate surface area is 129 Å². The van der Waals surface area contributed by atoms with Crippen LogP contribution < -0.4 is 5.73 Å². The van der Waals surface area contributed by atoms with Crippen molar-refractivity contribution in [3.63, 3.8) is 0 Å². The lowest BCUT2D eigenvalue weighted by molar-refractivity contribution is 0.461. The van der Waals surface area contributed by atoms with Crippen molar-refractivity contribution in [3.05, 3.63) is 29.8 Å². The third kappa shape index (κ3) is 3.79. The number of sulfone groups is 1. The largest absolute Gasteiger partial charge is 0.389 e. The zero-order valence-electron chi connectivity index (χ0n) is 11.2. The summed E-state index contributed by atoms with van der Waals surface area (Å²) in [6.07, 6.45) is 0.547. The minimum absolute atomic E-state index is 0.0122. The Morgan fingerprint density at radius 1 is 1.29 bits per heavy atom. The Hall–Kier alpha value is -1.03. The topological polar surface area (TPSA) is 97.5 Å². The third-order valence-electron chi connectivity index (χ3n) is 3.31. The molecule has 1 aromatic carbocycles. The second-order valence-electron chi connectivity index (χ2n) is 4.78. The van der Waals surface area contributed by atoms with Crippen LogP contribution in [0, 0.1) is 0 Å². The predicted octanol–water partition coefficient (Wildman–Crippen LogP) is 0.130. The van der Waals surface area contributed by atoms with Crippen molar-refractivity contribution in [2.75, 3.05) is 24.6 Å². The Bertz CT molecular complexity index is 739. The molecule has 1 aliphatic rings. The molecule has 0 bridgehead atoms. The molecular weight excluding hydrogens is 332 g/mol. The maximum Gasteiger partial charge on any atom is 0.214 e. The van der Waals surface area contributed by atoms with E-state index in [1.54, 1.807) is 12.1 Å². The predicted molar refractivity (Wildman–Crippen MR) is 84.4 cm³/mol. The highest BCUT2D eigenvalue weighted by Crippen LogP contribution is 2.16. The monoisotopic (exact) mass is 348 g/mol. The molecule has 1 saturated heterocycles. The van der Waals surface area contributed by atoms with E-state index < -0.39 is 19.9 Å². The van der Waals surface area contributed by atoms with E-state index in [4.69, 9.17) is 18.0 Å². The Morgan fingerprint density at radius 2 is 1.90 bits per heavy atom. The van der Waals surface area contributed by atoms with E-state index in [9.17, 15) is 16.8 Å². The van der Waals surface area contributed by atoms with Crippen molar-refractivity contribution >= 4 is 37.1 Å². The van der Waals surface area contributed by atoms with Crippen LogP contribution in [0.2, 0.25) is 0 Å². The van der Waals surface area contributed by atoms with E-state index in [1.165, 1.54) is 16.4 Å². The van der Waals surface area contributed by atoms with Gasteiger partial charge in [0.15, 0.2) is 9.84 Å². The van der Waals surface area contributed by atoms with E-state index in [0.717, 1.165) is 0 Å². The molecule has 0 aliphatic carbocycles. The summed E-state index contributed by atoms with van der Waals surface area (Å²) in [5, 5.41) is 0. The SMILES string of the molecule is NC(=S)c1ccc(S(=O)(=O)CCN2CCCS2(=O)=O)cc1. The molecule has 1 fully saturated rings. The zero-order valence-corrected chi connectivity index (χ0v) is 13.7. The molecule has 0 saturated carbocycles. The number of sulfonamides is 1. The summed E-state index contributed by atoms with van der Waals surface area (Å²) in [6.45, 7) is 0.375. The molecule has 1 aliphatic heterocycles. The molecule has 2 N–H and O–H groups in total. The fraction of sp³-hybridized carbons (Fsp3) is 0.417. The van der Waals surface area contributed by atoms with Crippen LogP contribution in [0.5, 0.6) is 0 Å². The molecule has 2 rings (SSSR count). The van der Waals surface area contributed by atoms with E-state index >= 15 is 0 Å². The first kappa shape index (κ1) is 16.3. The lowest BCUT2D eigenvalue weighted by Crippen LogP contribution is -2.31. The van der Waals surface area contributed by atoms with Crippen molar-refractivity contribution in [2.45, 2.75) is 11.3 Å². The number of rotatable bonds is 5. The van der Waals surface area contributed by atoms with Gasteiger partial charge in [0.1, 0.15) is 4.99 Å². The summed E-state index contributed by atoms with van der Waals surface area (Å²) in [6, 6.07) is 5.95. The van der Waals surface area contributed by atoms with Crippen LogP contribution in [-0.4, -0.2) is 50.7 Å². The van der Waals surface area contributed by atoms with Gasteiger partial charge in [0, 0.05) is 18.7 Å². The average molecular weight is 348 g/mol. The molecule has 0 unspecified atom stereocenters. The third-order valence-corrected chi connectivity index (χ3v) is 7.21. The van der Waals surface area contributed by atoms with Gasteiger partial charge in [-0.15, -0.1) is 0 Å². The van der Waals surface area contributed by atoms with Crippen LogP contribution in [0.4, 0.5) is 0 Å². The van der Waals surface area contributed by atoms with Crippen LogP contribution in [-0.2, 0) is 19.9 Å². The van der Waals surface area contributed by atoms with Crippen LogP contribution in [0.3, 0.4) is 0 Å². The first-order chi connectivity index (χ1) is 9.72. The summed E-state index contributed by atoms with van der Waals surface area (Å²) in [5.74, 6) is -0.145. The highest BCUT2D eigenvalue weighted by atomic mass is 32.2. The van der Waals surface area contributed by atoms with Crippen molar-refractivity contribution < 1.29 is 16.8 Å². The Morgan fingerprint density at radius 3 is 2.38 bits per heavy atom. The smallest absolute Gasteiger partial charge is 0.214 e. The van der Waals surface area contributed by atoms with Gasteiger partial charge in [-0.1, -0.05) is 24.4 Å². The van der Waals surface area contributed by atoms with Gasteiger partial charge in [-0.3, -0.25) is 0 Å². The van der Waals surface area contributed by atoms with Gasteiger partial charge >= 0.3 is 0 Å². The molecule has 0 aromatic heterocycles. The minimum Gasteiger partial charge on any atom is -0.389 e. The van der Waals surface area contributed by atoms with E-state index in [2.05, 4.69) is 0 Å². The van der Waals surface area contributed by atoms with Gasteiger partial charge in [-0.2, -0.15) is 0 Å². The second kappa shape index (κ2) is 5.99. The van der Waals surface area contributed by atoms with Crippen LogP contribution >= 0.6 is 12.2 Å². The van der Waals surface area contributed by atoms with Gasteiger partial charge in [0.2, 0.25) is 10.0 Å². The maximum atomic E-state index is 12.2. The van der Waals surface area contributed by atoms with Gasteiger partial charge in [0.25, 0.3) is 0 Å². The molecule has 1 aromatic rings. The van der Waals surface area contributed by atoms with Gasteiger partial charge in [-0.05, 0) is 18.6 Å². The van der Waals surface area contributed by atoms with E-state index in [-0.39, 0.29) is 27.9 Å². The highest BCUT2D eigenvalue weighted by molar-refractivity contribution is 7.91. The average Bonchev–Trinajstić information content (AvgIpc) is 2.75. The van der Waals surface area contributed by atoms with E-state index in [1.807, 2.05) is 0 Å². The van der Waals surface area contributed by atoms with Gasteiger partial charge in [-0.25, -0.2) is 21.1 Å². The first-order valence-corrected chi connectivity index (χ1v) is 10.00. The van der Waals surface area contributed by atoms with Gasteiger partial charge < -0.3 is 5.73 Å². The fourth-order valence-corrected chi connectivity index (χ4v) is 5.14. The van der Waals surface area contributed by atoms with Crippen LogP contribution in [0.1, 0.15) is 12.0 Å². The lowest BCUT2D eigenvalue weighted by Gasteiger charge is -2.14. The molecule has 0 atom stereocenters. The summed E-state index contributed by atoms with van der Waals surface area (Å²) < 4.78 is 48.9. The highest BCUT2D eigenvalue weighted by Gasteiger charge is 2.29. The number of nitrogens with zero attached hydrogens (tertiary/aromatic N) is 1. The van der Waals surface area contributed by atoms with Crippen molar-refractivity contribution in [1.29, 1.82) is 0 Å². The summed E-state index contributed by atoms with van der Waals surface area (Å²) in [7, 11) is -6.81. The maximum absolute atomic E-state index is 12.2. The number of thiocarbonyl (C=S) groups is 1. The van der Waals surface area contributed by atoms with Gasteiger partial charge in [0.05, 0.1) is 16.4 Å². The van der Waals surface area contributed by atoms with E-state index in [0.29, 0.717) is 18.5 Å². The molecule has 0 radical (unpaired) electrons. The van der Waals surface area contributed by atoms with Crippen LogP contribution in [0.25, 0.3) is 0 Å². The fourth-order valence-electron chi connectivity index (χ4n) is 2.11. The number of hydrogen-bond acceptors (Lipinski definition) is 5. The molecule has 0 amide bonds. The summed E-state index contributed by atoms with van der Waals surface area (Å²) in [4.78, 5) is 0.334. The minimum atomic E-state index is -3.53. The molecule has 116 valence electrons. The van der Waals surface area contributed by atoms with Crippen molar-refractivity contribution in [2.24, 2.45) is 5.73 Å². The molecule has 0 spiro atoms. The molecule has 21 heavy (non-hydrogen) atoms. The first-order valence-electron chi connectivity index (χ1n) is 6.33. The normalized spacial score (nSPS) is 18.7. The molecule has 9 heteroatoms. The summed E-state index contributed by atoms with van der Waals surface area (Å²) >= 11 is 4.80.